The zero-order valence-corrected chi connectivity index (χ0v) is 12.5. The quantitative estimate of drug-likeness (QED) is 0.868. The van der Waals surface area contributed by atoms with Crippen molar-refractivity contribution < 1.29 is 0 Å². The highest BCUT2D eigenvalue weighted by Crippen LogP contribution is 2.38. The van der Waals surface area contributed by atoms with Crippen molar-refractivity contribution in [3.63, 3.8) is 0 Å². The van der Waals surface area contributed by atoms with Gasteiger partial charge in [0.05, 0.1) is 0 Å². The first-order valence-electron chi connectivity index (χ1n) is 6.82. The maximum atomic E-state index is 6.23. The fourth-order valence-corrected chi connectivity index (χ4v) is 3.07. The largest absolute Gasteiger partial charge is 0.324 e. The summed E-state index contributed by atoms with van der Waals surface area (Å²) < 4.78 is 0. The number of aromatic nitrogens is 2. The average Bonchev–Trinajstić information content (AvgIpc) is 2.36. The van der Waals surface area contributed by atoms with Crippen LogP contribution >= 0.6 is 11.6 Å². The first-order valence-corrected chi connectivity index (χ1v) is 7.20. The molecule has 1 aromatic carbocycles. The molecule has 1 aromatic heterocycles. The van der Waals surface area contributed by atoms with Gasteiger partial charge in [0.25, 0.3) is 0 Å². The molecule has 2 N–H and O–H groups in total. The van der Waals surface area contributed by atoms with E-state index in [4.69, 9.17) is 22.3 Å². The van der Waals surface area contributed by atoms with E-state index in [1.807, 2.05) is 30.5 Å². The van der Waals surface area contributed by atoms with E-state index < -0.39 is 0 Å². The van der Waals surface area contributed by atoms with Crippen LogP contribution in [0.25, 0.3) is 11.4 Å². The van der Waals surface area contributed by atoms with E-state index in [1.165, 1.54) is 0 Å². The van der Waals surface area contributed by atoms with Crippen molar-refractivity contribution >= 4 is 11.6 Å². The van der Waals surface area contributed by atoms with Crippen molar-refractivity contribution in [3.05, 3.63) is 46.7 Å². The Bertz CT molecular complexity index is 652. The summed E-state index contributed by atoms with van der Waals surface area (Å²) in [5.74, 6) is 0.719. The molecular formula is C16H18ClN3. The van der Waals surface area contributed by atoms with Gasteiger partial charge in [-0.3, -0.25) is 0 Å². The van der Waals surface area contributed by atoms with Crippen LogP contribution < -0.4 is 5.73 Å². The molecule has 0 spiro atoms. The molecule has 1 unspecified atom stereocenters. The fraction of sp³-hybridized carbons (Fsp3) is 0.375. The Morgan fingerprint density at radius 3 is 2.90 bits per heavy atom. The second-order valence-electron chi connectivity index (χ2n) is 6.26. The van der Waals surface area contributed by atoms with Gasteiger partial charge >= 0.3 is 0 Å². The highest BCUT2D eigenvalue weighted by atomic mass is 35.5. The van der Waals surface area contributed by atoms with Crippen LogP contribution in [0.4, 0.5) is 0 Å². The van der Waals surface area contributed by atoms with Crippen LogP contribution in [0.15, 0.2) is 30.5 Å². The minimum absolute atomic E-state index is 0.0298. The Hall–Kier alpha value is -1.45. The average molecular weight is 288 g/mol. The molecule has 104 valence electrons. The maximum Gasteiger partial charge on any atom is 0.159 e. The summed E-state index contributed by atoms with van der Waals surface area (Å²) >= 11 is 6.03. The summed E-state index contributed by atoms with van der Waals surface area (Å²) in [7, 11) is 0. The summed E-state index contributed by atoms with van der Waals surface area (Å²) in [5.41, 5.74) is 9.51. The first-order chi connectivity index (χ1) is 9.44. The minimum Gasteiger partial charge on any atom is -0.324 e. The van der Waals surface area contributed by atoms with Gasteiger partial charge in [-0.15, -0.1) is 0 Å². The topological polar surface area (TPSA) is 51.8 Å². The molecule has 0 radical (unpaired) electrons. The number of fused-ring (bicyclic) bond motifs is 1. The molecule has 0 aliphatic heterocycles. The normalized spacial score (nSPS) is 20.5. The van der Waals surface area contributed by atoms with Crippen molar-refractivity contribution in [1.82, 2.24) is 9.97 Å². The van der Waals surface area contributed by atoms with Gasteiger partial charge in [-0.2, -0.15) is 0 Å². The molecule has 3 nitrogen and oxygen atoms in total. The third-order valence-corrected chi connectivity index (χ3v) is 4.04. The summed E-state index contributed by atoms with van der Waals surface area (Å²) in [6.45, 7) is 4.47. The van der Waals surface area contributed by atoms with Crippen molar-refractivity contribution in [2.24, 2.45) is 11.1 Å². The van der Waals surface area contributed by atoms with Gasteiger partial charge in [-0.25, -0.2) is 9.97 Å². The number of benzene rings is 1. The number of hydrogen-bond acceptors (Lipinski definition) is 3. The van der Waals surface area contributed by atoms with E-state index in [1.54, 1.807) is 0 Å². The van der Waals surface area contributed by atoms with Crippen LogP contribution in [0.5, 0.6) is 0 Å². The predicted molar refractivity (Wildman–Crippen MR) is 81.5 cm³/mol. The molecule has 0 bridgehead atoms. The number of rotatable bonds is 1. The van der Waals surface area contributed by atoms with E-state index in [0.717, 1.165) is 35.5 Å². The van der Waals surface area contributed by atoms with E-state index >= 15 is 0 Å². The molecule has 1 atom stereocenters. The van der Waals surface area contributed by atoms with Crippen molar-refractivity contribution in [1.29, 1.82) is 0 Å². The van der Waals surface area contributed by atoms with Crippen molar-refractivity contribution in [2.45, 2.75) is 32.7 Å². The molecular weight excluding hydrogens is 270 g/mol. The van der Waals surface area contributed by atoms with Crippen LogP contribution in [0.3, 0.4) is 0 Å². The van der Waals surface area contributed by atoms with E-state index in [-0.39, 0.29) is 11.5 Å². The Morgan fingerprint density at radius 2 is 2.15 bits per heavy atom. The summed E-state index contributed by atoms with van der Waals surface area (Å²) in [6, 6.07) is 7.65. The second kappa shape index (κ2) is 4.83. The van der Waals surface area contributed by atoms with Crippen LogP contribution in [0, 0.1) is 5.41 Å². The van der Waals surface area contributed by atoms with Crippen LogP contribution in [-0.4, -0.2) is 9.97 Å². The zero-order valence-electron chi connectivity index (χ0n) is 11.7. The molecule has 0 amide bonds. The lowest BCUT2D eigenvalue weighted by Crippen LogP contribution is -2.30. The predicted octanol–water partition coefficient (Wildman–Crippen LogP) is 3.77. The molecule has 4 heteroatoms. The Morgan fingerprint density at radius 1 is 1.35 bits per heavy atom. The molecule has 0 fully saturated rings. The van der Waals surface area contributed by atoms with Gasteiger partial charge in [0.2, 0.25) is 0 Å². The Balaban J connectivity index is 2.05. The van der Waals surface area contributed by atoms with E-state index in [9.17, 15) is 0 Å². The highest BCUT2D eigenvalue weighted by molar-refractivity contribution is 6.30. The molecule has 1 aliphatic carbocycles. The molecule has 3 rings (SSSR count). The Labute approximate surface area is 124 Å². The summed E-state index contributed by atoms with van der Waals surface area (Å²) in [5, 5.41) is 0.695. The third kappa shape index (κ3) is 2.56. The molecule has 0 saturated heterocycles. The lowest BCUT2D eigenvalue weighted by molar-refractivity contribution is 0.278. The van der Waals surface area contributed by atoms with Crippen LogP contribution in [0.1, 0.15) is 37.6 Å². The smallest absolute Gasteiger partial charge is 0.159 e. The van der Waals surface area contributed by atoms with Crippen LogP contribution in [-0.2, 0) is 6.42 Å². The van der Waals surface area contributed by atoms with Crippen LogP contribution in [0.2, 0.25) is 5.02 Å². The molecule has 1 heterocycles. The summed E-state index contributed by atoms with van der Waals surface area (Å²) in [6.07, 6.45) is 3.78. The lowest BCUT2D eigenvalue weighted by Gasteiger charge is -2.34. The van der Waals surface area contributed by atoms with Gasteiger partial charge in [0.1, 0.15) is 0 Å². The Kier molecular flexibility index (Phi) is 3.27. The molecule has 20 heavy (non-hydrogen) atoms. The maximum absolute atomic E-state index is 6.23. The molecule has 2 aromatic rings. The van der Waals surface area contributed by atoms with Gasteiger partial charge in [-0.05, 0) is 30.4 Å². The number of halogens is 1. The van der Waals surface area contributed by atoms with Gasteiger partial charge in [-0.1, -0.05) is 37.6 Å². The zero-order chi connectivity index (χ0) is 14.3. The monoisotopic (exact) mass is 287 g/mol. The van der Waals surface area contributed by atoms with Gasteiger partial charge in [0, 0.05) is 34.1 Å². The molecule has 1 aliphatic rings. The summed E-state index contributed by atoms with van der Waals surface area (Å²) in [4.78, 5) is 9.17. The van der Waals surface area contributed by atoms with E-state index in [2.05, 4.69) is 18.8 Å². The van der Waals surface area contributed by atoms with Crippen molar-refractivity contribution in [2.75, 3.05) is 0 Å². The fourth-order valence-electron chi connectivity index (χ4n) is 2.88. The first kappa shape index (κ1) is 13.5. The van der Waals surface area contributed by atoms with Crippen molar-refractivity contribution in [3.8, 4) is 11.4 Å². The standard InChI is InChI=1S/C16H18ClN3/c1-16(2)7-13(18)12-9-19-15(20-14(12)8-16)10-4-3-5-11(17)6-10/h3-6,9,13H,7-8,18H2,1-2H3. The number of nitrogens with two attached hydrogens (primary N) is 1. The van der Waals surface area contributed by atoms with Gasteiger partial charge in [0.15, 0.2) is 5.82 Å². The van der Waals surface area contributed by atoms with E-state index in [0.29, 0.717) is 5.02 Å². The number of nitrogens with zero attached hydrogens (tertiary/aromatic N) is 2. The number of hydrogen-bond donors (Lipinski definition) is 1. The highest BCUT2D eigenvalue weighted by Gasteiger charge is 2.31. The third-order valence-electron chi connectivity index (χ3n) is 3.80. The minimum atomic E-state index is 0.0298. The lowest BCUT2D eigenvalue weighted by atomic mass is 9.74. The van der Waals surface area contributed by atoms with Gasteiger partial charge < -0.3 is 5.73 Å². The second-order valence-corrected chi connectivity index (χ2v) is 6.69. The SMILES string of the molecule is CC1(C)Cc2nc(-c3cccc(Cl)c3)ncc2C(N)C1. The molecule has 0 saturated carbocycles.